The van der Waals surface area contributed by atoms with Gasteiger partial charge in [0.1, 0.15) is 0 Å². The zero-order valence-corrected chi connectivity index (χ0v) is 16.3. The molecule has 8 nitrogen and oxygen atoms in total. The molecule has 0 aliphatic carbocycles. The maximum absolute atomic E-state index is 13.2. The first-order chi connectivity index (χ1) is 14.9. The van der Waals surface area contributed by atoms with Crippen LogP contribution < -0.4 is 9.80 Å². The summed E-state index contributed by atoms with van der Waals surface area (Å²) >= 11 is 0. The highest BCUT2D eigenvalue weighted by Gasteiger charge is 2.61. The Morgan fingerprint density at radius 1 is 0.677 bits per heavy atom. The SMILES string of the molecule is N#CC(C#N)(C1CC(=O)N(c2ccccc2)C1=O)C1CC(=O)N(c2ccccc2)C1=O. The van der Waals surface area contributed by atoms with Crippen LogP contribution in [-0.2, 0) is 19.2 Å². The normalized spacial score (nSPS) is 21.4. The molecule has 2 unspecified atom stereocenters. The predicted molar refractivity (Wildman–Crippen MR) is 108 cm³/mol. The number of hydrogen-bond donors (Lipinski definition) is 0. The molecule has 4 rings (SSSR count). The van der Waals surface area contributed by atoms with Gasteiger partial charge in [0.2, 0.25) is 23.6 Å². The zero-order valence-electron chi connectivity index (χ0n) is 16.3. The molecule has 2 fully saturated rings. The summed E-state index contributed by atoms with van der Waals surface area (Å²) in [6.07, 6.45) is -0.781. The molecule has 0 radical (unpaired) electrons. The van der Waals surface area contributed by atoms with Gasteiger partial charge in [-0.1, -0.05) is 36.4 Å². The molecular formula is C23H16N4O4. The Balaban J connectivity index is 1.72. The number of imide groups is 2. The van der Waals surface area contributed by atoms with E-state index in [-0.39, 0.29) is 0 Å². The van der Waals surface area contributed by atoms with Crippen molar-refractivity contribution in [1.29, 1.82) is 10.5 Å². The number of hydrogen-bond acceptors (Lipinski definition) is 6. The summed E-state index contributed by atoms with van der Waals surface area (Å²) < 4.78 is 0. The minimum absolute atomic E-state index is 0.324. The van der Waals surface area contributed by atoms with Crippen molar-refractivity contribution in [1.82, 2.24) is 0 Å². The van der Waals surface area contributed by atoms with E-state index in [0.717, 1.165) is 9.80 Å². The fourth-order valence-electron chi connectivity index (χ4n) is 4.25. The van der Waals surface area contributed by atoms with Gasteiger partial charge in [-0.25, -0.2) is 0 Å². The van der Waals surface area contributed by atoms with Crippen LogP contribution in [0.2, 0.25) is 0 Å². The van der Waals surface area contributed by atoms with Crippen LogP contribution in [0.3, 0.4) is 0 Å². The number of anilines is 2. The predicted octanol–water partition coefficient (Wildman–Crippen LogP) is 2.18. The van der Waals surface area contributed by atoms with Gasteiger partial charge in [0.15, 0.2) is 5.41 Å². The number of amides is 4. The Hall–Kier alpha value is -4.30. The first-order valence-corrected chi connectivity index (χ1v) is 9.61. The molecule has 4 amide bonds. The van der Waals surface area contributed by atoms with E-state index < -0.39 is 53.7 Å². The van der Waals surface area contributed by atoms with Crippen molar-refractivity contribution >= 4 is 35.0 Å². The van der Waals surface area contributed by atoms with E-state index in [4.69, 9.17) is 0 Å². The quantitative estimate of drug-likeness (QED) is 0.709. The standard InChI is InChI=1S/C23H16N4O4/c24-13-23(14-25,17-11-19(28)26(21(17)30)15-7-3-1-4-8-15)18-12-20(29)27(22(18)31)16-9-5-2-6-10-16/h1-10,17-18H,11-12H2. The summed E-state index contributed by atoms with van der Waals surface area (Å²) in [7, 11) is 0. The third-order valence-electron chi connectivity index (χ3n) is 5.79. The topological polar surface area (TPSA) is 122 Å². The first kappa shape index (κ1) is 20.0. The summed E-state index contributed by atoms with van der Waals surface area (Å²) in [4.78, 5) is 53.5. The number of carbonyl (C=O) groups excluding carboxylic acids is 4. The number of rotatable bonds is 4. The van der Waals surface area contributed by atoms with E-state index in [1.807, 2.05) is 12.1 Å². The highest BCUT2D eigenvalue weighted by Crippen LogP contribution is 2.47. The van der Waals surface area contributed by atoms with Crippen LogP contribution in [0.25, 0.3) is 0 Å². The lowest BCUT2D eigenvalue weighted by Gasteiger charge is -2.28. The Labute approximate surface area is 177 Å². The minimum atomic E-state index is -2.15. The van der Waals surface area contributed by atoms with Crippen molar-refractivity contribution in [2.75, 3.05) is 9.80 Å². The van der Waals surface area contributed by atoms with Crippen molar-refractivity contribution in [2.45, 2.75) is 12.8 Å². The molecule has 0 aromatic heterocycles. The van der Waals surface area contributed by atoms with Crippen LogP contribution in [0, 0.1) is 39.9 Å². The fraction of sp³-hybridized carbons (Fsp3) is 0.217. The van der Waals surface area contributed by atoms with Crippen molar-refractivity contribution in [3.63, 3.8) is 0 Å². The van der Waals surface area contributed by atoms with Crippen LogP contribution in [0.4, 0.5) is 11.4 Å². The van der Waals surface area contributed by atoms with Gasteiger partial charge in [-0.15, -0.1) is 0 Å². The molecule has 2 aromatic rings. The Bertz CT molecular complexity index is 1070. The van der Waals surface area contributed by atoms with Crippen molar-refractivity contribution in [2.24, 2.45) is 17.3 Å². The largest absolute Gasteiger partial charge is 0.274 e. The number of para-hydroxylation sites is 2. The van der Waals surface area contributed by atoms with Gasteiger partial charge >= 0.3 is 0 Å². The summed E-state index contributed by atoms with van der Waals surface area (Å²) in [5.74, 6) is -5.28. The van der Waals surface area contributed by atoms with E-state index in [0.29, 0.717) is 11.4 Å². The molecule has 0 saturated carbocycles. The summed E-state index contributed by atoms with van der Waals surface area (Å²) in [5, 5.41) is 20.0. The van der Waals surface area contributed by atoms with Gasteiger partial charge in [-0.2, -0.15) is 10.5 Å². The molecule has 0 spiro atoms. The second-order valence-corrected chi connectivity index (χ2v) is 7.41. The third-order valence-corrected chi connectivity index (χ3v) is 5.79. The van der Waals surface area contributed by atoms with Gasteiger partial charge in [0, 0.05) is 12.8 Å². The Kier molecular flexibility index (Phi) is 4.84. The van der Waals surface area contributed by atoms with Crippen LogP contribution in [0.1, 0.15) is 12.8 Å². The number of nitrogens with zero attached hydrogens (tertiary/aromatic N) is 4. The van der Waals surface area contributed by atoms with E-state index in [2.05, 4.69) is 0 Å². The monoisotopic (exact) mass is 412 g/mol. The fourth-order valence-corrected chi connectivity index (χ4v) is 4.25. The summed E-state index contributed by atoms with van der Waals surface area (Å²) in [5.41, 5.74) is -1.50. The summed E-state index contributed by atoms with van der Waals surface area (Å²) in [6, 6.07) is 20.0. The van der Waals surface area contributed by atoms with E-state index in [1.165, 1.54) is 0 Å². The van der Waals surface area contributed by atoms with Gasteiger partial charge < -0.3 is 0 Å². The van der Waals surface area contributed by atoms with Gasteiger partial charge in [-0.3, -0.25) is 29.0 Å². The molecule has 2 heterocycles. The average Bonchev–Trinajstić information content (AvgIpc) is 3.26. The lowest BCUT2D eigenvalue weighted by atomic mass is 9.67. The number of carbonyl (C=O) groups is 4. The molecule has 0 bridgehead atoms. The molecule has 152 valence electrons. The smallest absolute Gasteiger partial charge is 0.240 e. The van der Waals surface area contributed by atoms with Crippen molar-refractivity contribution < 1.29 is 19.2 Å². The highest BCUT2D eigenvalue weighted by atomic mass is 16.2. The van der Waals surface area contributed by atoms with Gasteiger partial charge in [0.05, 0.1) is 35.3 Å². The molecule has 0 N–H and O–H groups in total. The maximum Gasteiger partial charge on any atom is 0.240 e. The van der Waals surface area contributed by atoms with E-state index >= 15 is 0 Å². The lowest BCUT2D eigenvalue weighted by molar-refractivity contribution is -0.126. The molecule has 31 heavy (non-hydrogen) atoms. The van der Waals surface area contributed by atoms with Crippen LogP contribution >= 0.6 is 0 Å². The van der Waals surface area contributed by atoms with Crippen molar-refractivity contribution in [3.05, 3.63) is 60.7 Å². The van der Waals surface area contributed by atoms with Crippen LogP contribution in [0.5, 0.6) is 0 Å². The molecule has 2 aliphatic rings. The average molecular weight is 412 g/mol. The van der Waals surface area contributed by atoms with Crippen molar-refractivity contribution in [3.8, 4) is 12.1 Å². The lowest BCUT2D eigenvalue weighted by Crippen LogP contribution is -2.44. The van der Waals surface area contributed by atoms with Crippen LogP contribution in [0.15, 0.2) is 60.7 Å². The number of nitriles is 2. The zero-order chi connectivity index (χ0) is 22.2. The molecule has 2 aliphatic heterocycles. The highest BCUT2D eigenvalue weighted by molar-refractivity contribution is 6.23. The second-order valence-electron chi connectivity index (χ2n) is 7.41. The molecular weight excluding hydrogens is 396 g/mol. The van der Waals surface area contributed by atoms with E-state index in [1.54, 1.807) is 60.7 Å². The number of benzene rings is 2. The van der Waals surface area contributed by atoms with Gasteiger partial charge in [-0.05, 0) is 24.3 Å². The van der Waals surface area contributed by atoms with E-state index in [9.17, 15) is 29.7 Å². The van der Waals surface area contributed by atoms with Crippen LogP contribution in [-0.4, -0.2) is 23.6 Å². The minimum Gasteiger partial charge on any atom is -0.274 e. The third kappa shape index (κ3) is 2.97. The molecule has 2 saturated heterocycles. The Morgan fingerprint density at radius 3 is 1.35 bits per heavy atom. The second kappa shape index (κ2) is 7.51. The molecule has 2 atom stereocenters. The molecule has 8 heteroatoms. The first-order valence-electron chi connectivity index (χ1n) is 9.61. The molecule has 2 aromatic carbocycles. The van der Waals surface area contributed by atoms with Gasteiger partial charge in [0.25, 0.3) is 0 Å². The Morgan fingerprint density at radius 2 is 1.03 bits per heavy atom. The summed E-state index contributed by atoms with van der Waals surface area (Å²) in [6.45, 7) is 0. The maximum atomic E-state index is 13.2.